The molecule has 0 aliphatic rings. The van der Waals surface area contributed by atoms with Gasteiger partial charge in [0.1, 0.15) is 11.6 Å². The predicted molar refractivity (Wildman–Crippen MR) is 98.7 cm³/mol. The molecule has 6 heteroatoms. The third-order valence-electron chi connectivity index (χ3n) is 3.35. The molecular formula is C18H12BrN3OS. The maximum atomic E-state index is 12.2. The molecule has 2 aromatic carbocycles. The first-order valence-electron chi connectivity index (χ1n) is 7.14. The Morgan fingerprint density at radius 1 is 1.12 bits per heavy atom. The summed E-state index contributed by atoms with van der Waals surface area (Å²) in [5, 5.41) is 9.79. The summed E-state index contributed by atoms with van der Waals surface area (Å²) in [5.74, 6) is 0.690. The van der Waals surface area contributed by atoms with Crippen molar-refractivity contribution in [3.05, 3.63) is 80.6 Å². The molecule has 0 spiro atoms. The fraction of sp³-hybridized carbons (Fsp3) is 0.0556. The van der Waals surface area contributed by atoms with Crippen LogP contribution in [0.5, 0.6) is 0 Å². The van der Waals surface area contributed by atoms with E-state index in [1.165, 1.54) is 11.8 Å². The number of nitrogens with zero attached hydrogens (tertiary/aromatic N) is 2. The van der Waals surface area contributed by atoms with Crippen LogP contribution in [0.1, 0.15) is 11.1 Å². The molecule has 1 heterocycles. The lowest BCUT2D eigenvalue weighted by Gasteiger charge is -2.07. The van der Waals surface area contributed by atoms with Gasteiger partial charge in [-0.3, -0.25) is 4.79 Å². The zero-order valence-corrected chi connectivity index (χ0v) is 14.9. The molecule has 1 N–H and O–H groups in total. The Kier molecular flexibility index (Phi) is 5.14. The van der Waals surface area contributed by atoms with Crippen molar-refractivity contribution in [3.8, 4) is 17.3 Å². The normalized spacial score (nSPS) is 10.3. The highest BCUT2D eigenvalue weighted by molar-refractivity contribution is 9.10. The number of rotatable bonds is 4. The highest BCUT2D eigenvalue weighted by Gasteiger charge is 2.13. The average molecular weight is 398 g/mol. The van der Waals surface area contributed by atoms with Crippen molar-refractivity contribution in [2.45, 2.75) is 10.9 Å². The second-order valence-electron chi connectivity index (χ2n) is 4.99. The summed E-state index contributed by atoms with van der Waals surface area (Å²) < 4.78 is 0.924. The standard InChI is InChI=1S/C18H12BrN3OS/c19-14-8-6-13(7-9-14)16-15(10-20)17(23)22-18(21-16)24-11-12-4-2-1-3-5-12/h1-9H,11H2,(H,21,22,23). The lowest BCUT2D eigenvalue weighted by molar-refractivity contribution is 0.934. The van der Waals surface area contributed by atoms with Gasteiger partial charge in [0.05, 0.1) is 5.69 Å². The van der Waals surface area contributed by atoms with Gasteiger partial charge < -0.3 is 4.98 Å². The van der Waals surface area contributed by atoms with E-state index in [0.29, 0.717) is 16.6 Å². The Morgan fingerprint density at radius 3 is 2.50 bits per heavy atom. The van der Waals surface area contributed by atoms with E-state index in [9.17, 15) is 10.1 Å². The van der Waals surface area contributed by atoms with Crippen LogP contribution in [-0.2, 0) is 5.75 Å². The first-order chi connectivity index (χ1) is 11.7. The topological polar surface area (TPSA) is 69.5 Å². The average Bonchev–Trinajstić information content (AvgIpc) is 2.61. The Morgan fingerprint density at radius 2 is 1.83 bits per heavy atom. The van der Waals surface area contributed by atoms with Gasteiger partial charge in [-0.2, -0.15) is 5.26 Å². The molecule has 24 heavy (non-hydrogen) atoms. The van der Waals surface area contributed by atoms with E-state index in [2.05, 4.69) is 25.9 Å². The summed E-state index contributed by atoms with van der Waals surface area (Å²) in [6.07, 6.45) is 0. The van der Waals surface area contributed by atoms with Crippen LogP contribution in [0.2, 0.25) is 0 Å². The number of hydrogen-bond acceptors (Lipinski definition) is 4. The van der Waals surface area contributed by atoms with Crippen molar-refractivity contribution in [1.29, 1.82) is 5.26 Å². The molecule has 0 saturated heterocycles. The third kappa shape index (κ3) is 3.75. The van der Waals surface area contributed by atoms with Gasteiger partial charge in [0.25, 0.3) is 5.56 Å². The predicted octanol–water partition coefficient (Wildman–Crippen LogP) is 4.36. The fourth-order valence-electron chi connectivity index (χ4n) is 2.17. The monoisotopic (exact) mass is 397 g/mol. The van der Waals surface area contributed by atoms with Gasteiger partial charge in [-0.25, -0.2) is 4.98 Å². The Hall–Kier alpha value is -2.36. The van der Waals surface area contributed by atoms with E-state index in [1.807, 2.05) is 60.7 Å². The minimum atomic E-state index is -0.416. The van der Waals surface area contributed by atoms with E-state index in [1.54, 1.807) is 0 Å². The number of H-pyrrole nitrogens is 1. The third-order valence-corrected chi connectivity index (χ3v) is 4.82. The second kappa shape index (κ2) is 7.47. The largest absolute Gasteiger partial charge is 0.300 e. The molecule has 118 valence electrons. The SMILES string of the molecule is N#Cc1c(-c2ccc(Br)cc2)nc(SCc2ccccc2)[nH]c1=O. The Balaban J connectivity index is 1.96. The molecule has 0 unspecified atom stereocenters. The van der Waals surface area contributed by atoms with Crippen LogP contribution >= 0.6 is 27.7 Å². The first-order valence-corrected chi connectivity index (χ1v) is 8.92. The van der Waals surface area contributed by atoms with Gasteiger partial charge in [-0.05, 0) is 17.7 Å². The fourth-order valence-corrected chi connectivity index (χ4v) is 3.25. The summed E-state index contributed by atoms with van der Waals surface area (Å²) >= 11 is 4.81. The number of thioether (sulfide) groups is 1. The molecule has 0 amide bonds. The van der Waals surface area contributed by atoms with Crippen LogP contribution in [0, 0.1) is 11.3 Å². The molecule has 0 atom stereocenters. The maximum Gasteiger partial charge on any atom is 0.270 e. The smallest absolute Gasteiger partial charge is 0.270 e. The summed E-state index contributed by atoms with van der Waals surface area (Å²) in [6, 6.07) is 19.3. The van der Waals surface area contributed by atoms with E-state index >= 15 is 0 Å². The van der Waals surface area contributed by atoms with Gasteiger partial charge in [0.2, 0.25) is 0 Å². The van der Waals surface area contributed by atoms with Crippen LogP contribution in [0.15, 0.2) is 69.0 Å². The van der Waals surface area contributed by atoms with Crippen molar-refractivity contribution in [1.82, 2.24) is 9.97 Å². The number of halogens is 1. The minimum Gasteiger partial charge on any atom is -0.300 e. The highest BCUT2D eigenvalue weighted by atomic mass is 79.9. The van der Waals surface area contributed by atoms with Crippen LogP contribution < -0.4 is 5.56 Å². The number of nitriles is 1. The summed E-state index contributed by atoms with van der Waals surface area (Å²) in [6.45, 7) is 0. The lowest BCUT2D eigenvalue weighted by atomic mass is 10.1. The molecule has 0 radical (unpaired) electrons. The molecule has 3 aromatic rings. The summed E-state index contributed by atoms with van der Waals surface area (Å²) in [5.41, 5.74) is 1.90. The van der Waals surface area contributed by atoms with Gasteiger partial charge in [-0.15, -0.1) is 0 Å². The van der Waals surface area contributed by atoms with Crippen LogP contribution in [0.3, 0.4) is 0 Å². The van der Waals surface area contributed by atoms with Gasteiger partial charge in [0, 0.05) is 15.8 Å². The van der Waals surface area contributed by atoms with Crippen molar-refractivity contribution in [2.75, 3.05) is 0 Å². The summed E-state index contributed by atoms with van der Waals surface area (Å²) in [7, 11) is 0. The van der Waals surface area contributed by atoms with Crippen molar-refractivity contribution >= 4 is 27.7 Å². The first kappa shape index (κ1) is 16.5. The van der Waals surface area contributed by atoms with Crippen molar-refractivity contribution in [3.63, 3.8) is 0 Å². The Bertz CT molecular complexity index is 947. The quantitative estimate of drug-likeness (QED) is 0.524. The zero-order chi connectivity index (χ0) is 16.9. The molecule has 4 nitrogen and oxygen atoms in total. The number of hydrogen-bond donors (Lipinski definition) is 1. The van der Waals surface area contributed by atoms with E-state index < -0.39 is 5.56 Å². The molecule has 0 fully saturated rings. The molecular weight excluding hydrogens is 386 g/mol. The molecule has 0 saturated carbocycles. The number of benzene rings is 2. The van der Waals surface area contributed by atoms with Gasteiger partial charge in [0.15, 0.2) is 5.16 Å². The van der Waals surface area contributed by atoms with Gasteiger partial charge in [-0.1, -0.05) is 70.2 Å². The van der Waals surface area contributed by atoms with Crippen LogP contribution in [0.4, 0.5) is 0 Å². The zero-order valence-electron chi connectivity index (χ0n) is 12.5. The molecule has 3 rings (SSSR count). The second-order valence-corrected chi connectivity index (χ2v) is 6.87. The maximum absolute atomic E-state index is 12.2. The van der Waals surface area contributed by atoms with Crippen molar-refractivity contribution in [2.24, 2.45) is 0 Å². The molecule has 0 aliphatic carbocycles. The van der Waals surface area contributed by atoms with Gasteiger partial charge >= 0.3 is 0 Å². The number of aromatic nitrogens is 2. The molecule has 0 bridgehead atoms. The minimum absolute atomic E-state index is 0.0291. The Labute approximate surface area is 151 Å². The van der Waals surface area contributed by atoms with Crippen molar-refractivity contribution < 1.29 is 0 Å². The number of nitrogens with one attached hydrogen (secondary N) is 1. The number of aromatic amines is 1. The van der Waals surface area contributed by atoms with Crippen LogP contribution in [0.25, 0.3) is 11.3 Å². The van der Waals surface area contributed by atoms with E-state index in [4.69, 9.17) is 0 Å². The summed E-state index contributed by atoms with van der Waals surface area (Å²) in [4.78, 5) is 19.4. The lowest BCUT2D eigenvalue weighted by Crippen LogP contribution is -2.14. The molecule has 1 aromatic heterocycles. The van der Waals surface area contributed by atoms with E-state index in [-0.39, 0.29) is 5.56 Å². The van der Waals surface area contributed by atoms with E-state index in [0.717, 1.165) is 15.6 Å². The molecule has 0 aliphatic heterocycles. The van der Waals surface area contributed by atoms with Crippen LogP contribution in [-0.4, -0.2) is 9.97 Å². The highest BCUT2D eigenvalue weighted by Crippen LogP contribution is 2.25.